The highest BCUT2D eigenvalue weighted by molar-refractivity contribution is 4.83. The predicted octanol–water partition coefficient (Wildman–Crippen LogP) is 1.43. The Balaban J connectivity index is 2.63. The van der Waals surface area contributed by atoms with Crippen LogP contribution in [0.15, 0.2) is 0 Å². The Hall–Kier alpha value is -0.0800. The quantitative estimate of drug-likeness (QED) is 0.578. The van der Waals surface area contributed by atoms with Crippen LogP contribution in [0.5, 0.6) is 0 Å². The predicted molar refractivity (Wildman–Crippen MR) is 44.3 cm³/mol. The van der Waals surface area contributed by atoms with Gasteiger partial charge in [0.15, 0.2) is 0 Å². The van der Waals surface area contributed by atoms with Crippen molar-refractivity contribution in [2.45, 2.75) is 46.0 Å². The van der Waals surface area contributed by atoms with E-state index < -0.39 is 0 Å². The molecule has 11 heavy (non-hydrogen) atoms. The molecule has 2 heteroatoms. The van der Waals surface area contributed by atoms with Crippen LogP contribution in [0.1, 0.15) is 27.7 Å². The summed E-state index contributed by atoms with van der Waals surface area (Å²) in [6.45, 7) is 8.22. The lowest BCUT2D eigenvalue weighted by atomic mass is 9.82. The minimum absolute atomic E-state index is 0.00352. The van der Waals surface area contributed by atoms with Gasteiger partial charge in [-0.05, 0) is 25.7 Å². The van der Waals surface area contributed by atoms with E-state index >= 15 is 0 Å². The Morgan fingerprint density at radius 2 is 1.45 bits per heavy atom. The van der Waals surface area contributed by atoms with Gasteiger partial charge in [0.1, 0.15) is 0 Å². The molecule has 0 radical (unpaired) electrons. The van der Waals surface area contributed by atoms with Crippen LogP contribution in [0, 0.1) is 11.8 Å². The fourth-order valence-electron chi connectivity index (χ4n) is 1.71. The van der Waals surface area contributed by atoms with E-state index in [0.29, 0.717) is 11.8 Å². The number of hydrogen-bond acceptors (Lipinski definition) is 2. The van der Waals surface area contributed by atoms with Gasteiger partial charge in [0, 0.05) is 0 Å². The summed E-state index contributed by atoms with van der Waals surface area (Å²) >= 11 is 0. The third-order valence-electron chi connectivity index (χ3n) is 3.02. The summed E-state index contributed by atoms with van der Waals surface area (Å²) in [7, 11) is 0. The van der Waals surface area contributed by atoms with Crippen molar-refractivity contribution in [2.24, 2.45) is 11.8 Å². The van der Waals surface area contributed by atoms with Crippen molar-refractivity contribution in [3.8, 4) is 0 Å². The minimum atomic E-state index is -0.291. The molecule has 66 valence electrons. The van der Waals surface area contributed by atoms with Gasteiger partial charge in [0.2, 0.25) is 0 Å². The maximum Gasteiger partial charge on any atom is 0.0828 e. The highest BCUT2D eigenvalue weighted by Crippen LogP contribution is 2.29. The Morgan fingerprint density at radius 1 is 0.909 bits per heavy atom. The van der Waals surface area contributed by atoms with E-state index in [1.807, 2.05) is 6.92 Å². The van der Waals surface area contributed by atoms with E-state index in [4.69, 9.17) is 4.74 Å². The monoisotopic (exact) mass is 158 g/mol. The SMILES string of the molecule is CC1[C@H](C)OC(C)[C@H](O)[C@@H]1C. The number of aliphatic hydroxyl groups excluding tert-OH is 1. The largest absolute Gasteiger partial charge is 0.390 e. The summed E-state index contributed by atoms with van der Waals surface area (Å²) < 4.78 is 5.53. The normalized spacial score (nSPS) is 52.6. The Morgan fingerprint density at radius 3 is 2.00 bits per heavy atom. The van der Waals surface area contributed by atoms with Crippen molar-refractivity contribution >= 4 is 0 Å². The van der Waals surface area contributed by atoms with E-state index in [-0.39, 0.29) is 18.3 Å². The molecule has 1 aliphatic heterocycles. The molecule has 1 rings (SSSR count). The summed E-state index contributed by atoms with van der Waals surface area (Å²) in [4.78, 5) is 0. The van der Waals surface area contributed by atoms with Crippen LogP contribution in [-0.4, -0.2) is 23.4 Å². The molecule has 0 aromatic rings. The highest BCUT2D eigenvalue weighted by atomic mass is 16.5. The van der Waals surface area contributed by atoms with Gasteiger partial charge in [-0.2, -0.15) is 0 Å². The fourth-order valence-corrected chi connectivity index (χ4v) is 1.71. The minimum Gasteiger partial charge on any atom is -0.390 e. The molecule has 0 aliphatic carbocycles. The van der Waals surface area contributed by atoms with Gasteiger partial charge in [-0.15, -0.1) is 0 Å². The summed E-state index contributed by atoms with van der Waals surface area (Å²) in [6, 6.07) is 0. The standard InChI is InChI=1S/C9H18O2/c1-5-6(2)9(10)8(4)11-7(5)3/h5-10H,1-4H3/t5?,6-,7+,8?,9-/m1/s1. The van der Waals surface area contributed by atoms with Crippen LogP contribution in [0.2, 0.25) is 0 Å². The van der Waals surface area contributed by atoms with E-state index in [0.717, 1.165) is 0 Å². The molecular formula is C9H18O2. The first-order chi connectivity index (χ1) is 5.04. The average Bonchev–Trinajstić information content (AvgIpc) is 1.97. The van der Waals surface area contributed by atoms with Crippen molar-refractivity contribution in [3.63, 3.8) is 0 Å². The molecule has 2 nitrogen and oxygen atoms in total. The lowest BCUT2D eigenvalue weighted by Crippen LogP contribution is -2.46. The molecule has 1 N–H and O–H groups in total. The third-order valence-corrected chi connectivity index (χ3v) is 3.02. The Kier molecular flexibility index (Phi) is 2.55. The van der Waals surface area contributed by atoms with Gasteiger partial charge >= 0.3 is 0 Å². The zero-order chi connectivity index (χ0) is 8.59. The molecule has 0 aromatic carbocycles. The molecule has 1 heterocycles. The van der Waals surface area contributed by atoms with Gasteiger partial charge in [-0.25, -0.2) is 0 Å². The summed E-state index contributed by atoms with van der Waals surface area (Å²) in [5.41, 5.74) is 0. The zero-order valence-electron chi connectivity index (χ0n) is 7.74. The summed E-state index contributed by atoms with van der Waals surface area (Å²) in [5, 5.41) is 9.61. The second kappa shape index (κ2) is 3.11. The summed E-state index contributed by atoms with van der Waals surface area (Å²) in [6.07, 6.45) is -0.0131. The third kappa shape index (κ3) is 1.57. The van der Waals surface area contributed by atoms with Crippen LogP contribution >= 0.6 is 0 Å². The van der Waals surface area contributed by atoms with Gasteiger partial charge in [0.25, 0.3) is 0 Å². The molecule has 0 amide bonds. The Bertz CT molecular complexity index is 122. The first kappa shape index (κ1) is 9.01. The first-order valence-electron chi connectivity index (χ1n) is 4.37. The molecule has 0 bridgehead atoms. The fraction of sp³-hybridized carbons (Fsp3) is 1.00. The maximum atomic E-state index is 9.61. The summed E-state index contributed by atoms with van der Waals surface area (Å²) in [5.74, 6) is 0.815. The number of hydrogen-bond donors (Lipinski definition) is 1. The van der Waals surface area contributed by atoms with Crippen LogP contribution in [0.25, 0.3) is 0 Å². The average molecular weight is 158 g/mol. The number of aliphatic hydroxyl groups is 1. The molecule has 1 saturated heterocycles. The van der Waals surface area contributed by atoms with E-state index in [1.54, 1.807) is 0 Å². The molecule has 0 spiro atoms. The smallest absolute Gasteiger partial charge is 0.0828 e. The van der Waals surface area contributed by atoms with Gasteiger partial charge in [0.05, 0.1) is 18.3 Å². The number of rotatable bonds is 0. The molecule has 0 aromatic heterocycles. The van der Waals surface area contributed by atoms with Gasteiger partial charge in [-0.1, -0.05) is 13.8 Å². The van der Waals surface area contributed by atoms with Crippen LogP contribution in [0.4, 0.5) is 0 Å². The van der Waals surface area contributed by atoms with Crippen LogP contribution in [0.3, 0.4) is 0 Å². The van der Waals surface area contributed by atoms with Crippen LogP contribution in [-0.2, 0) is 4.74 Å². The zero-order valence-corrected chi connectivity index (χ0v) is 7.74. The van der Waals surface area contributed by atoms with E-state index in [1.165, 1.54) is 0 Å². The molecule has 0 saturated carbocycles. The van der Waals surface area contributed by atoms with Crippen molar-refractivity contribution in [3.05, 3.63) is 0 Å². The molecule has 2 unspecified atom stereocenters. The molecular weight excluding hydrogens is 140 g/mol. The second-order valence-corrected chi connectivity index (χ2v) is 3.76. The lowest BCUT2D eigenvalue weighted by molar-refractivity contribution is -0.154. The van der Waals surface area contributed by atoms with Crippen molar-refractivity contribution < 1.29 is 9.84 Å². The highest BCUT2D eigenvalue weighted by Gasteiger charge is 2.35. The van der Waals surface area contributed by atoms with Crippen LogP contribution < -0.4 is 0 Å². The first-order valence-corrected chi connectivity index (χ1v) is 4.37. The lowest BCUT2D eigenvalue weighted by Gasteiger charge is -2.40. The van der Waals surface area contributed by atoms with Crippen molar-refractivity contribution in [1.82, 2.24) is 0 Å². The second-order valence-electron chi connectivity index (χ2n) is 3.76. The number of ether oxygens (including phenoxy) is 1. The topological polar surface area (TPSA) is 29.5 Å². The van der Waals surface area contributed by atoms with Gasteiger partial charge in [-0.3, -0.25) is 0 Å². The van der Waals surface area contributed by atoms with Crippen molar-refractivity contribution in [2.75, 3.05) is 0 Å². The van der Waals surface area contributed by atoms with E-state index in [2.05, 4.69) is 20.8 Å². The molecule has 1 aliphatic rings. The Labute approximate surface area is 68.6 Å². The van der Waals surface area contributed by atoms with E-state index in [9.17, 15) is 5.11 Å². The maximum absolute atomic E-state index is 9.61. The molecule has 5 atom stereocenters. The van der Waals surface area contributed by atoms with Crippen molar-refractivity contribution in [1.29, 1.82) is 0 Å². The van der Waals surface area contributed by atoms with Gasteiger partial charge < -0.3 is 9.84 Å². The molecule has 1 fully saturated rings.